The maximum Gasteiger partial charge on any atom is 0.308 e. The van der Waals surface area contributed by atoms with Crippen molar-refractivity contribution < 1.29 is 29.6 Å². The average molecular weight is 421 g/mol. The van der Waals surface area contributed by atoms with E-state index in [4.69, 9.17) is 4.74 Å². The molecular weight excluding hydrogens is 384 g/mol. The van der Waals surface area contributed by atoms with Gasteiger partial charge in [0.05, 0.1) is 18.1 Å². The third kappa shape index (κ3) is 2.94. The van der Waals surface area contributed by atoms with Crippen LogP contribution in [0.5, 0.6) is 0 Å². The summed E-state index contributed by atoms with van der Waals surface area (Å²) in [5, 5.41) is 33.7. The Morgan fingerprint density at radius 2 is 1.80 bits per heavy atom. The SMILES string of the molecule is CC1=C[C@H]2[C@@]3(O)[C@H](C)C[C@@](C)(OC(=O)C(C)C)C(C)(C)[C@@H]3C=C(CO)C[C@]2(O)C1=O. The summed E-state index contributed by atoms with van der Waals surface area (Å²) in [4.78, 5) is 25.4. The molecule has 6 nitrogen and oxygen atoms in total. The number of fused-ring (bicyclic) bond motifs is 3. The van der Waals surface area contributed by atoms with E-state index >= 15 is 0 Å². The van der Waals surface area contributed by atoms with Gasteiger partial charge >= 0.3 is 5.97 Å². The monoisotopic (exact) mass is 420 g/mol. The Morgan fingerprint density at radius 3 is 2.33 bits per heavy atom. The molecule has 3 aliphatic rings. The second-order valence-corrected chi connectivity index (χ2v) is 10.7. The van der Waals surface area contributed by atoms with Crippen molar-refractivity contribution in [2.75, 3.05) is 6.61 Å². The summed E-state index contributed by atoms with van der Waals surface area (Å²) >= 11 is 0. The van der Waals surface area contributed by atoms with Gasteiger partial charge in [0, 0.05) is 23.7 Å². The highest BCUT2D eigenvalue weighted by atomic mass is 16.6. The molecule has 0 heterocycles. The van der Waals surface area contributed by atoms with E-state index in [1.54, 1.807) is 26.8 Å². The van der Waals surface area contributed by atoms with Crippen molar-refractivity contribution in [1.82, 2.24) is 0 Å². The molecule has 0 unspecified atom stereocenters. The molecule has 0 aromatic heterocycles. The van der Waals surface area contributed by atoms with E-state index in [1.807, 2.05) is 33.8 Å². The van der Waals surface area contributed by atoms with Gasteiger partial charge in [0.1, 0.15) is 11.2 Å². The number of hydrogen-bond acceptors (Lipinski definition) is 6. The number of carbonyl (C=O) groups excluding carboxylic acids is 2. The molecule has 0 aromatic rings. The fraction of sp³-hybridized carbons (Fsp3) is 0.750. The zero-order valence-corrected chi connectivity index (χ0v) is 19.2. The summed E-state index contributed by atoms with van der Waals surface area (Å²) in [6, 6.07) is 0. The topological polar surface area (TPSA) is 104 Å². The normalized spacial score (nSPS) is 42.8. The standard InChI is InChI=1S/C24H36O6/c1-13(2)20(27)30-22(7)10-15(4)24(29)17(21(22,5)6)9-16(12-25)11-23(28)18(24)8-14(3)19(23)26/h8-9,13,15,17-18,25,28-29H,10-12H2,1-7H3/t15-,17+,18-,22-,23-,24-/m1/s1. The van der Waals surface area contributed by atoms with Crippen LogP contribution in [0, 0.1) is 29.1 Å². The van der Waals surface area contributed by atoms with Crippen LogP contribution in [0.1, 0.15) is 61.3 Å². The van der Waals surface area contributed by atoms with Gasteiger partial charge in [0.25, 0.3) is 0 Å². The van der Waals surface area contributed by atoms with Crippen molar-refractivity contribution in [3.63, 3.8) is 0 Å². The Morgan fingerprint density at radius 1 is 1.20 bits per heavy atom. The smallest absolute Gasteiger partial charge is 0.308 e. The van der Waals surface area contributed by atoms with E-state index in [9.17, 15) is 24.9 Å². The highest BCUT2D eigenvalue weighted by Crippen LogP contribution is 2.63. The maximum absolute atomic E-state index is 12.9. The first-order chi connectivity index (χ1) is 13.6. The molecule has 1 saturated carbocycles. The summed E-state index contributed by atoms with van der Waals surface area (Å²) in [6.07, 6.45) is 3.87. The Hall–Kier alpha value is -1.50. The minimum Gasteiger partial charge on any atom is -0.459 e. The van der Waals surface area contributed by atoms with Crippen molar-refractivity contribution in [1.29, 1.82) is 0 Å². The van der Waals surface area contributed by atoms with Gasteiger partial charge in [-0.3, -0.25) is 9.59 Å². The molecule has 30 heavy (non-hydrogen) atoms. The number of ether oxygens (including phenoxy) is 1. The minimum atomic E-state index is -1.78. The molecular formula is C24H36O6. The van der Waals surface area contributed by atoms with Crippen molar-refractivity contribution in [2.24, 2.45) is 29.1 Å². The zero-order chi connectivity index (χ0) is 22.9. The molecule has 0 bridgehead atoms. The second kappa shape index (κ2) is 7.01. The van der Waals surface area contributed by atoms with E-state index in [1.165, 1.54) is 0 Å². The summed E-state index contributed by atoms with van der Waals surface area (Å²) < 4.78 is 6.02. The molecule has 0 radical (unpaired) electrons. The van der Waals surface area contributed by atoms with Crippen molar-refractivity contribution in [3.05, 3.63) is 23.3 Å². The number of Topliss-reactive ketones (excluding diaryl/α,β-unsaturated/α-hetero) is 1. The van der Waals surface area contributed by atoms with Gasteiger partial charge in [-0.15, -0.1) is 0 Å². The summed E-state index contributed by atoms with van der Waals surface area (Å²) in [5.74, 6) is -2.70. The molecule has 3 rings (SSSR count). The number of rotatable bonds is 3. The first-order valence-corrected chi connectivity index (χ1v) is 10.9. The lowest BCUT2D eigenvalue weighted by Gasteiger charge is -2.61. The highest BCUT2D eigenvalue weighted by molar-refractivity contribution is 6.04. The number of hydrogen-bond donors (Lipinski definition) is 3. The molecule has 0 spiro atoms. The Labute approximate surface area is 179 Å². The Kier molecular flexibility index (Phi) is 5.41. The van der Waals surface area contributed by atoms with Gasteiger partial charge in [0.15, 0.2) is 5.78 Å². The predicted molar refractivity (Wildman–Crippen MR) is 112 cm³/mol. The first kappa shape index (κ1) is 23.2. The van der Waals surface area contributed by atoms with Crippen LogP contribution in [-0.4, -0.2) is 50.5 Å². The fourth-order valence-corrected chi connectivity index (χ4v) is 5.98. The molecule has 0 amide bonds. The van der Waals surface area contributed by atoms with Gasteiger partial charge in [-0.2, -0.15) is 0 Å². The lowest BCUT2D eigenvalue weighted by atomic mass is 9.48. The lowest BCUT2D eigenvalue weighted by Crippen LogP contribution is -2.68. The van der Waals surface area contributed by atoms with E-state index < -0.39 is 39.8 Å². The lowest BCUT2D eigenvalue weighted by molar-refractivity contribution is -0.247. The molecule has 3 aliphatic carbocycles. The zero-order valence-electron chi connectivity index (χ0n) is 19.2. The molecule has 6 atom stereocenters. The largest absolute Gasteiger partial charge is 0.459 e. The number of aliphatic hydroxyl groups is 3. The summed E-state index contributed by atoms with van der Waals surface area (Å²) in [7, 11) is 0. The molecule has 0 aliphatic heterocycles. The van der Waals surface area contributed by atoms with Gasteiger partial charge in [-0.1, -0.05) is 46.8 Å². The minimum absolute atomic E-state index is 0.0229. The van der Waals surface area contributed by atoms with Crippen molar-refractivity contribution in [2.45, 2.75) is 78.1 Å². The van der Waals surface area contributed by atoms with Gasteiger partial charge in [-0.05, 0) is 37.3 Å². The van der Waals surface area contributed by atoms with Crippen LogP contribution in [0.15, 0.2) is 23.3 Å². The fourth-order valence-electron chi connectivity index (χ4n) is 5.98. The number of esters is 1. The van der Waals surface area contributed by atoms with Crippen LogP contribution in [0.25, 0.3) is 0 Å². The number of carbonyl (C=O) groups is 2. The predicted octanol–water partition coefficient (Wildman–Crippen LogP) is 2.56. The third-order valence-electron chi connectivity index (χ3n) is 8.20. The van der Waals surface area contributed by atoms with E-state index in [2.05, 4.69) is 0 Å². The van der Waals surface area contributed by atoms with Gasteiger partial charge in [-0.25, -0.2) is 0 Å². The van der Waals surface area contributed by atoms with E-state index in [-0.39, 0.29) is 30.8 Å². The van der Waals surface area contributed by atoms with Crippen LogP contribution in [0.2, 0.25) is 0 Å². The number of ketones is 1. The Bertz CT molecular complexity index is 824. The maximum atomic E-state index is 12.9. The first-order valence-electron chi connectivity index (χ1n) is 10.9. The molecule has 0 saturated heterocycles. The van der Waals surface area contributed by atoms with Crippen LogP contribution in [0.4, 0.5) is 0 Å². The third-order valence-corrected chi connectivity index (χ3v) is 8.20. The molecule has 0 aromatic carbocycles. The van der Waals surface area contributed by atoms with Gasteiger partial charge < -0.3 is 20.1 Å². The van der Waals surface area contributed by atoms with E-state index in [0.717, 1.165) is 0 Å². The highest BCUT2D eigenvalue weighted by Gasteiger charge is 2.69. The van der Waals surface area contributed by atoms with Gasteiger partial charge in [0.2, 0.25) is 0 Å². The molecule has 6 heteroatoms. The van der Waals surface area contributed by atoms with Crippen LogP contribution in [0.3, 0.4) is 0 Å². The number of aliphatic hydroxyl groups excluding tert-OH is 1. The average Bonchev–Trinajstić information content (AvgIpc) is 2.80. The van der Waals surface area contributed by atoms with E-state index in [0.29, 0.717) is 17.6 Å². The second-order valence-electron chi connectivity index (χ2n) is 10.7. The quantitative estimate of drug-likeness (QED) is 0.479. The molecule has 3 N–H and O–H groups in total. The van der Waals surface area contributed by atoms with Crippen molar-refractivity contribution >= 4 is 11.8 Å². The summed E-state index contributed by atoms with van der Waals surface area (Å²) in [5.41, 5.74) is -3.87. The molecule has 168 valence electrons. The molecule has 1 fully saturated rings. The summed E-state index contributed by atoms with van der Waals surface area (Å²) in [6.45, 7) is 12.6. The van der Waals surface area contributed by atoms with Crippen LogP contribution in [-0.2, 0) is 14.3 Å². The van der Waals surface area contributed by atoms with Crippen LogP contribution >= 0.6 is 0 Å². The Balaban J connectivity index is 2.19. The van der Waals surface area contributed by atoms with Crippen LogP contribution < -0.4 is 0 Å². The van der Waals surface area contributed by atoms with Crippen molar-refractivity contribution in [3.8, 4) is 0 Å².